The molecule has 0 spiro atoms. The van der Waals surface area contributed by atoms with Gasteiger partial charge in [-0.25, -0.2) is 0 Å². The van der Waals surface area contributed by atoms with Crippen LogP contribution < -0.4 is 4.74 Å². The van der Waals surface area contributed by atoms with Crippen molar-refractivity contribution >= 4 is 5.78 Å². The normalized spacial score (nSPS) is 12.6. The summed E-state index contributed by atoms with van der Waals surface area (Å²) in [6.45, 7) is 8.23. The average molecular weight is 234 g/mol. The zero-order valence-corrected chi connectivity index (χ0v) is 11.4. The van der Waals surface area contributed by atoms with Crippen LogP contribution in [0.2, 0.25) is 0 Å². The summed E-state index contributed by atoms with van der Waals surface area (Å²) >= 11 is 0. The highest BCUT2D eigenvalue weighted by atomic mass is 16.5. The highest BCUT2D eigenvalue weighted by Gasteiger charge is 2.16. The maximum Gasteiger partial charge on any atom is 0.165 e. The number of ether oxygens (including phenoxy) is 1. The summed E-state index contributed by atoms with van der Waals surface area (Å²) in [5.41, 5.74) is 1.90. The van der Waals surface area contributed by atoms with E-state index < -0.39 is 0 Å². The first-order chi connectivity index (χ1) is 8.01. The van der Waals surface area contributed by atoms with Crippen molar-refractivity contribution in [1.82, 2.24) is 0 Å². The molecular formula is C15H22O2. The van der Waals surface area contributed by atoms with Gasteiger partial charge in [-0.2, -0.15) is 0 Å². The summed E-state index contributed by atoms with van der Waals surface area (Å²) in [4.78, 5) is 12.1. The van der Waals surface area contributed by atoms with E-state index in [1.54, 1.807) is 7.11 Å². The van der Waals surface area contributed by atoms with E-state index in [4.69, 9.17) is 4.74 Å². The summed E-state index contributed by atoms with van der Waals surface area (Å²) in [5.74, 6) is 1.48. The van der Waals surface area contributed by atoms with Crippen molar-refractivity contribution in [2.75, 3.05) is 7.11 Å². The second-order valence-corrected chi connectivity index (χ2v) is 4.78. The lowest BCUT2D eigenvalue weighted by Crippen LogP contribution is -2.10. The van der Waals surface area contributed by atoms with Gasteiger partial charge in [-0.3, -0.25) is 4.79 Å². The van der Waals surface area contributed by atoms with Gasteiger partial charge in [0, 0.05) is 11.5 Å². The number of carbonyl (C=O) groups is 1. The zero-order chi connectivity index (χ0) is 13.0. The van der Waals surface area contributed by atoms with E-state index in [1.165, 1.54) is 0 Å². The molecule has 0 fully saturated rings. The van der Waals surface area contributed by atoms with Gasteiger partial charge in [0.15, 0.2) is 5.78 Å². The number of hydrogen-bond donors (Lipinski definition) is 0. The highest BCUT2D eigenvalue weighted by Crippen LogP contribution is 2.28. The molecule has 2 nitrogen and oxygen atoms in total. The van der Waals surface area contributed by atoms with Crippen LogP contribution in [0.3, 0.4) is 0 Å². The molecule has 0 heterocycles. The summed E-state index contributed by atoms with van der Waals surface area (Å²) in [6, 6.07) is 5.77. The van der Waals surface area contributed by atoms with Crippen LogP contribution in [0, 0.1) is 5.92 Å². The Morgan fingerprint density at radius 2 is 1.94 bits per heavy atom. The van der Waals surface area contributed by atoms with E-state index in [9.17, 15) is 4.79 Å². The molecule has 0 aliphatic carbocycles. The smallest absolute Gasteiger partial charge is 0.165 e. The van der Waals surface area contributed by atoms with Crippen molar-refractivity contribution in [2.24, 2.45) is 5.92 Å². The predicted octanol–water partition coefficient (Wildman–Crippen LogP) is 4.05. The second kappa shape index (κ2) is 5.85. The molecule has 0 aromatic heterocycles. The molecule has 0 N–H and O–H groups in total. The predicted molar refractivity (Wildman–Crippen MR) is 70.9 cm³/mol. The quantitative estimate of drug-likeness (QED) is 0.718. The standard InChI is InChI=1S/C15H22O2/c1-6-11(4)15(16)12-7-8-13(10(2)3)14(9-12)17-5/h7-11H,6H2,1-5H3. The number of methoxy groups -OCH3 is 1. The third-order valence-corrected chi connectivity index (χ3v) is 3.20. The number of ketones is 1. The summed E-state index contributed by atoms with van der Waals surface area (Å²) in [7, 11) is 1.65. The van der Waals surface area contributed by atoms with E-state index in [-0.39, 0.29) is 11.7 Å². The van der Waals surface area contributed by atoms with Crippen molar-refractivity contribution in [3.8, 4) is 5.75 Å². The molecule has 0 saturated carbocycles. The zero-order valence-electron chi connectivity index (χ0n) is 11.4. The second-order valence-electron chi connectivity index (χ2n) is 4.78. The summed E-state index contributed by atoms with van der Waals surface area (Å²) in [5, 5.41) is 0. The van der Waals surface area contributed by atoms with Gasteiger partial charge in [-0.15, -0.1) is 0 Å². The molecule has 0 aliphatic heterocycles. The first kappa shape index (κ1) is 13.8. The van der Waals surface area contributed by atoms with E-state index >= 15 is 0 Å². The fourth-order valence-corrected chi connectivity index (χ4v) is 1.81. The Hall–Kier alpha value is -1.31. The number of carbonyl (C=O) groups excluding carboxylic acids is 1. The molecule has 0 amide bonds. The summed E-state index contributed by atoms with van der Waals surface area (Å²) < 4.78 is 5.36. The van der Waals surface area contributed by atoms with Crippen LogP contribution in [-0.4, -0.2) is 12.9 Å². The van der Waals surface area contributed by atoms with Gasteiger partial charge in [-0.05, 0) is 24.0 Å². The minimum Gasteiger partial charge on any atom is -0.496 e. The Kier molecular flexibility index (Phi) is 4.73. The van der Waals surface area contributed by atoms with Gasteiger partial charge in [0.2, 0.25) is 0 Å². The fraction of sp³-hybridized carbons (Fsp3) is 0.533. The Morgan fingerprint density at radius 3 is 2.41 bits per heavy atom. The van der Waals surface area contributed by atoms with E-state index in [2.05, 4.69) is 13.8 Å². The van der Waals surface area contributed by atoms with Crippen LogP contribution in [0.4, 0.5) is 0 Å². The Bertz CT molecular complexity index is 394. The molecule has 2 heteroatoms. The van der Waals surface area contributed by atoms with Gasteiger partial charge < -0.3 is 4.74 Å². The van der Waals surface area contributed by atoms with E-state index in [1.807, 2.05) is 32.0 Å². The Balaban J connectivity index is 3.09. The van der Waals surface area contributed by atoms with Crippen LogP contribution >= 0.6 is 0 Å². The number of hydrogen-bond acceptors (Lipinski definition) is 2. The van der Waals surface area contributed by atoms with Gasteiger partial charge in [0.05, 0.1) is 7.11 Å². The first-order valence-corrected chi connectivity index (χ1v) is 6.23. The minimum absolute atomic E-state index is 0.0737. The minimum atomic E-state index is 0.0737. The molecule has 1 unspecified atom stereocenters. The SMILES string of the molecule is CCC(C)C(=O)c1ccc(C(C)C)c(OC)c1. The highest BCUT2D eigenvalue weighted by molar-refractivity contribution is 5.98. The Labute approximate surface area is 104 Å². The van der Waals surface area contributed by atoms with E-state index in [0.717, 1.165) is 23.3 Å². The van der Waals surface area contributed by atoms with Crippen LogP contribution in [0.5, 0.6) is 5.75 Å². The van der Waals surface area contributed by atoms with Crippen LogP contribution in [0.1, 0.15) is 56.0 Å². The van der Waals surface area contributed by atoms with Crippen molar-refractivity contribution in [1.29, 1.82) is 0 Å². The lowest BCUT2D eigenvalue weighted by atomic mass is 9.94. The average Bonchev–Trinajstić information content (AvgIpc) is 2.35. The number of rotatable bonds is 5. The maximum atomic E-state index is 12.1. The largest absolute Gasteiger partial charge is 0.496 e. The monoisotopic (exact) mass is 234 g/mol. The molecule has 1 atom stereocenters. The van der Waals surface area contributed by atoms with Crippen molar-refractivity contribution in [3.63, 3.8) is 0 Å². The third-order valence-electron chi connectivity index (χ3n) is 3.20. The first-order valence-electron chi connectivity index (χ1n) is 6.23. The Morgan fingerprint density at radius 1 is 1.29 bits per heavy atom. The molecule has 94 valence electrons. The lowest BCUT2D eigenvalue weighted by molar-refractivity contribution is 0.0927. The maximum absolute atomic E-state index is 12.1. The lowest BCUT2D eigenvalue weighted by Gasteiger charge is -2.14. The molecule has 1 rings (SSSR count). The van der Waals surface area contributed by atoms with Crippen LogP contribution in [-0.2, 0) is 0 Å². The molecule has 0 bridgehead atoms. The van der Waals surface area contributed by atoms with Crippen LogP contribution in [0.25, 0.3) is 0 Å². The number of Topliss-reactive ketones (excluding diaryl/α,β-unsaturated/α-hetero) is 1. The van der Waals surface area contributed by atoms with Crippen molar-refractivity contribution in [2.45, 2.75) is 40.0 Å². The van der Waals surface area contributed by atoms with Gasteiger partial charge >= 0.3 is 0 Å². The molecule has 17 heavy (non-hydrogen) atoms. The van der Waals surface area contributed by atoms with Gasteiger partial charge in [0.1, 0.15) is 5.75 Å². The molecule has 1 aromatic carbocycles. The molecule has 0 radical (unpaired) electrons. The van der Waals surface area contributed by atoms with Crippen molar-refractivity contribution in [3.05, 3.63) is 29.3 Å². The fourth-order valence-electron chi connectivity index (χ4n) is 1.81. The third kappa shape index (κ3) is 3.09. The molecule has 1 aromatic rings. The van der Waals surface area contributed by atoms with Crippen molar-refractivity contribution < 1.29 is 9.53 Å². The molecular weight excluding hydrogens is 212 g/mol. The van der Waals surface area contributed by atoms with Crippen LogP contribution in [0.15, 0.2) is 18.2 Å². The van der Waals surface area contributed by atoms with E-state index in [0.29, 0.717) is 5.92 Å². The van der Waals surface area contributed by atoms with Gasteiger partial charge in [0.25, 0.3) is 0 Å². The van der Waals surface area contributed by atoms with Gasteiger partial charge in [-0.1, -0.05) is 39.8 Å². The summed E-state index contributed by atoms with van der Waals surface area (Å²) in [6.07, 6.45) is 0.868. The number of benzene rings is 1. The molecule has 0 aliphatic rings. The molecule has 0 saturated heterocycles. The topological polar surface area (TPSA) is 26.3 Å².